The Hall–Kier alpha value is -4.58. The number of fused-ring (bicyclic) bond motifs is 2. The minimum absolute atomic E-state index is 0.0464. The summed E-state index contributed by atoms with van der Waals surface area (Å²) in [5.41, 5.74) is 6.24. The summed E-state index contributed by atoms with van der Waals surface area (Å²) < 4.78 is 23.3. The Bertz CT molecular complexity index is 1790. The fourth-order valence-electron chi connectivity index (χ4n) is 8.48. The zero-order valence-electron chi connectivity index (χ0n) is 32.5. The molecule has 0 saturated carbocycles. The van der Waals surface area contributed by atoms with Crippen LogP contribution in [0.15, 0.2) is 84.9 Å². The highest BCUT2D eigenvalue weighted by atomic mass is 16.5. The van der Waals surface area contributed by atoms with Crippen LogP contribution in [0.5, 0.6) is 23.0 Å². The second-order valence-electron chi connectivity index (χ2n) is 18.3. The van der Waals surface area contributed by atoms with E-state index in [2.05, 4.69) is 93.5 Å². The maximum absolute atomic E-state index is 13.0. The number of ether oxygens (including phenoxy) is 4. The van der Waals surface area contributed by atoms with Gasteiger partial charge < -0.3 is 18.9 Å². The van der Waals surface area contributed by atoms with E-state index < -0.39 is 11.8 Å². The number of rotatable bonds is 11. The van der Waals surface area contributed by atoms with Gasteiger partial charge in [-0.25, -0.2) is 0 Å². The Labute approximate surface area is 309 Å². The summed E-state index contributed by atoms with van der Waals surface area (Å²) in [5.74, 6) is 1.20. The first-order valence-electron chi connectivity index (χ1n) is 18.5. The smallest absolute Gasteiger partial charge is 0.323 e. The van der Waals surface area contributed by atoms with Crippen molar-refractivity contribution >= 4 is 11.9 Å². The molecular formula is C46H54O6. The van der Waals surface area contributed by atoms with Crippen LogP contribution in [0.4, 0.5) is 0 Å². The van der Waals surface area contributed by atoms with Crippen LogP contribution in [0.2, 0.25) is 0 Å². The lowest BCUT2D eigenvalue weighted by atomic mass is 9.71. The van der Waals surface area contributed by atoms with Crippen molar-refractivity contribution in [1.29, 1.82) is 0 Å². The number of benzene rings is 4. The average Bonchev–Trinajstić information content (AvgIpc) is 3.55. The molecule has 4 aromatic rings. The summed E-state index contributed by atoms with van der Waals surface area (Å²) in [6, 6.07) is 27.6. The van der Waals surface area contributed by atoms with Crippen LogP contribution in [-0.4, -0.2) is 25.2 Å². The van der Waals surface area contributed by atoms with Gasteiger partial charge in [0.15, 0.2) is 0 Å². The maximum Gasteiger partial charge on any atom is 0.323 e. The van der Waals surface area contributed by atoms with Crippen molar-refractivity contribution in [3.8, 4) is 23.0 Å². The molecule has 0 radical (unpaired) electrons. The number of carbonyl (C=O) groups excluding carboxylic acids is 2. The molecule has 2 heterocycles. The largest absolute Gasteiger partial charge is 0.490 e. The molecule has 2 aliphatic rings. The van der Waals surface area contributed by atoms with Crippen LogP contribution in [0.3, 0.4) is 0 Å². The Morgan fingerprint density at radius 1 is 0.500 bits per heavy atom. The lowest BCUT2D eigenvalue weighted by Crippen LogP contribution is -2.25. The standard InChI is InChI=1S/C46H54O6/c1-43(2,3)27-45(7,8)31-15-21-37-35(25-31)39(41(47)51-37)29-11-17-33(18-12-29)49-23-24-50-34-19-13-30(14-20-34)40-36-26-32(16-22-38(36)52-42(40)48)46(9,10)28-44(4,5)6/h11-22,25-26,39-40H,23-24,27-28H2,1-10H3. The van der Waals surface area contributed by atoms with E-state index in [-0.39, 0.29) is 33.6 Å². The monoisotopic (exact) mass is 702 g/mol. The minimum atomic E-state index is -0.470. The highest BCUT2D eigenvalue weighted by Crippen LogP contribution is 2.45. The molecule has 0 aromatic heterocycles. The van der Waals surface area contributed by atoms with Crippen LogP contribution in [-0.2, 0) is 20.4 Å². The lowest BCUT2D eigenvalue weighted by Gasteiger charge is -2.33. The summed E-state index contributed by atoms with van der Waals surface area (Å²) in [6.07, 6.45) is 2.03. The van der Waals surface area contributed by atoms with Crippen molar-refractivity contribution in [3.63, 3.8) is 0 Å². The van der Waals surface area contributed by atoms with E-state index in [9.17, 15) is 9.59 Å². The van der Waals surface area contributed by atoms with Crippen molar-refractivity contribution in [2.24, 2.45) is 10.8 Å². The fraction of sp³-hybridized carbons (Fsp3) is 0.435. The molecule has 0 aliphatic carbocycles. The second-order valence-corrected chi connectivity index (χ2v) is 18.3. The van der Waals surface area contributed by atoms with Crippen molar-refractivity contribution in [2.45, 2.75) is 105 Å². The number of carbonyl (C=O) groups is 2. The van der Waals surface area contributed by atoms with Crippen molar-refractivity contribution in [2.75, 3.05) is 13.2 Å². The number of esters is 2. The summed E-state index contributed by atoms with van der Waals surface area (Å²) in [6.45, 7) is 23.3. The molecule has 52 heavy (non-hydrogen) atoms. The van der Waals surface area contributed by atoms with E-state index in [1.165, 1.54) is 11.1 Å². The Morgan fingerprint density at radius 3 is 1.17 bits per heavy atom. The predicted octanol–water partition coefficient (Wildman–Crippen LogP) is 10.7. The summed E-state index contributed by atoms with van der Waals surface area (Å²) in [4.78, 5) is 26.0. The van der Waals surface area contributed by atoms with Crippen LogP contribution in [0.25, 0.3) is 0 Å². The zero-order valence-corrected chi connectivity index (χ0v) is 32.5. The molecule has 0 bridgehead atoms. The van der Waals surface area contributed by atoms with Gasteiger partial charge in [-0.1, -0.05) is 118 Å². The fourth-order valence-corrected chi connectivity index (χ4v) is 8.48. The van der Waals surface area contributed by atoms with Gasteiger partial charge in [0.2, 0.25) is 0 Å². The molecule has 0 N–H and O–H groups in total. The first-order chi connectivity index (χ1) is 24.3. The molecule has 6 nitrogen and oxygen atoms in total. The van der Waals surface area contributed by atoms with Gasteiger partial charge in [0.25, 0.3) is 0 Å². The SMILES string of the molecule is CC(C)(C)CC(C)(C)c1ccc2c(c1)C(c1ccc(OCCOc3ccc(C4C(=O)Oc5ccc(C(C)(C)CC(C)(C)C)cc54)cc3)cc1)C(=O)O2. The molecule has 0 spiro atoms. The topological polar surface area (TPSA) is 71.1 Å². The third-order valence-corrected chi connectivity index (χ3v) is 10.1. The third kappa shape index (κ3) is 8.22. The van der Waals surface area contributed by atoms with Crippen LogP contribution in [0.1, 0.15) is 127 Å². The molecule has 6 rings (SSSR count). The van der Waals surface area contributed by atoms with Crippen molar-refractivity contribution in [1.82, 2.24) is 0 Å². The van der Waals surface area contributed by atoms with Crippen LogP contribution in [0, 0.1) is 10.8 Å². The molecule has 274 valence electrons. The average molecular weight is 703 g/mol. The molecule has 6 heteroatoms. The Morgan fingerprint density at radius 2 is 0.846 bits per heavy atom. The number of hydrogen-bond acceptors (Lipinski definition) is 6. The van der Waals surface area contributed by atoms with E-state index >= 15 is 0 Å². The van der Waals surface area contributed by atoms with Gasteiger partial charge in [-0.2, -0.15) is 0 Å². The van der Waals surface area contributed by atoms with Crippen molar-refractivity contribution < 1.29 is 28.5 Å². The van der Waals surface area contributed by atoms with Gasteiger partial charge in [-0.3, -0.25) is 9.59 Å². The molecule has 2 aliphatic heterocycles. The van der Waals surface area contributed by atoms with E-state index in [0.29, 0.717) is 36.2 Å². The molecular weight excluding hydrogens is 649 g/mol. The Balaban J connectivity index is 1.05. The maximum atomic E-state index is 13.0. The summed E-state index contributed by atoms with van der Waals surface area (Å²) in [5, 5.41) is 0. The first kappa shape index (κ1) is 37.2. The van der Waals surface area contributed by atoms with Crippen molar-refractivity contribution in [3.05, 3.63) is 118 Å². The van der Waals surface area contributed by atoms with Gasteiger partial charge in [0, 0.05) is 11.1 Å². The minimum Gasteiger partial charge on any atom is -0.490 e. The lowest BCUT2D eigenvalue weighted by molar-refractivity contribution is -0.134. The molecule has 0 saturated heterocycles. The summed E-state index contributed by atoms with van der Waals surface area (Å²) >= 11 is 0. The van der Waals surface area contributed by atoms with Gasteiger partial charge in [0.05, 0.1) is 0 Å². The van der Waals surface area contributed by atoms with E-state index in [0.717, 1.165) is 35.1 Å². The van der Waals surface area contributed by atoms with Gasteiger partial charge in [0.1, 0.15) is 48.0 Å². The van der Waals surface area contributed by atoms with E-state index in [1.54, 1.807) is 0 Å². The van der Waals surface area contributed by atoms with Gasteiger partial charge >= 0.3 is 11.9 Å². The van der Waals surface area contributed by atoms with Crippen LogP contribution < -0.4 is 18.9 Å². The van der Waals surface area contributed by atoms with Crippen LogP contribution >= 0.6 is 0 Å². The molecule has 2 unspecified atom stereocenters. The summed E-state index contributed by atoms with van der Waals surface area (Å²) in [7, 11) is 0. The van der Waals surface area contributed by atoms with Gasteiger partial charge in [-0.05, 0) is 93.2 Å². The van der Waals surface area contributed by atoms with Gasteiger partial charge in [-0.15, -0.1) is 0 Å². The zero-order chi connectivity index (χ0) is 37.6. The first-order valence-corrected chi connectivity index (χ1v) is 18.5. The normalized spacial score (nSPS) is 17.3. The molecule has 0 amide bonds. The highest BCUT2D eigenvalue weighted by Gasteiger charge is 2.38. The highest BCUT2D eigenvalue weighted by molar-refractivity contribution is 5.90. The predicted molar refractivity (Wildman–Crippen MR) is 206 cm³/mol. The molecule has 4 aromatic carbocycles. The van der Waals surface area contributed by atoms with E-state index in [4.69, 9.17) is 18.9 Å². The second kappa shape index (κ2) is 13.8. The molecule has 2 atom stereocenters. The Kier molecular flexibility index (Phi) is 9.84. The quantitative estimate of drug-likeness (QED) is 0.0880. The third-order valence-electron chi connectivity index (χ3n) is 10.1. The number of hydrogen-bond donors (Lipinski definition) is 0. The van der Waals surface area contributed by atoms with E-state index in [1.807, 2.05) is 60.7 Å². The molecule has 0 fully saturated rings.